The van der Waals surface area contributed by atoms with Crippen LogP contribution in [0.2, 0.25) is 0 Å². The van der Waals surface area contributed by atoms with Crippen LogP contribution in [0.1, 0.15) is 44.6 Å². The Hall–Kier alpha value is -1.44. The molecular formula is C17H24O2. The molecule has 0 aliphatic heterocycles. The van der Waals surface area contributed by atoms with Gasteiger partial charge in [0.2, 0.25) is 0 Å². The molecule has 1 aromatic carbocycles. The standard InChI is InChI=1S/C17H24O2/c1-3-14-10-11-16(17(12-14)18-4-2)19-13-15-8-6-5-7-9-15/h3,10-12,15H,1,4-9,13H2,2H3. The van der Waals surface area contributed by atoms with Crippen LogP contribution in [-0.4, -0.2) is 13.2 Å². The van der Waals surface area contributed by atoms with E-state index in [1.165, 1.54) is 32.1 Å². The summed E-state index contributed by atoms with van der Waals surface area (Å²) in [5, 5.41) is 0. The first-order valence-electron chi connectivity index (χ1n) is 7.35. The topological polar surface area (TPSA) is 18.5 Å². The highest BCUT2D eigenvalue weighted by Crippen LogP contribution is 2.31. The zero-order valence-corrected chi connectivity index (χ0v) is 11.9. The van der Waals surface area contributed by atoms with Crippen molar-refractivity contribution in [3.8, 4) is 11.5 Å². The predicted molar refractivity (Wildman–Crippen MR) is 79.8 cm³/mol. The van der Waals surface area contributed by atoms with Gasteiger partial charge in [0, 0.05) is 0 Å². The Balaban J connectivity index is 1.99. The van der Waals surface area contributed by atoms with E-state index >= 15 is 0 Å². The molecule has 1 aromatic rings. The lowest BCUT2D eigenvalue weighted by atomic mass is 9.90. The van der Waals surface area contributed by atoms with Crippen molar-refractivity contribution in [3.63, 3.8) is 0 Å². The van der Waals surface area contributed by atoms with Crippen LogP contribution in [0.3, 0.4) is 0 Å². The molecule has 0 N–H and O–H groups in total. The van der Waals surface area contributed by atoms with Crippen molar-refractivity contribution in [1.29, 1.82) is 0 Å². The Morgan fingerprint density at radius 1 is 1.16 bits per heavy atom. The lowest BCUT2D eigenvalue weighted by Crippen LogP contribution is -2.15. The summed E-state index contributed by atoms with van der Waals surface area (Å²) in [4.78, 5) is 0. The first kappa shape index (κ1) is 14.0. The summed E-state index contributed by atoms with van der Waals surface area (Å²) in [6.07, 6.45) is 8.51. The normalized spacial score (nSPS) is 16.1. The SMILES string of the molecule is C=Cc1ccc(OCC2CCCCC2)c(OCC)c1. The molecule has 19 heavy (non-hydrogen) atoms. The number of hydrogen-bond donors (Lipinski definition) is 0. The van der Waals surface area contributed by atoms with Crippen LogP contribution in [0.4, 0.5) is 0 Å². The summed E-state index contributed by atoms with van der Waals surface area (Å²) in [5.74, 6) is 2.40. The molecule has 0 heterocycles. The van der Waals surface area contributed by atoms with Crippen molar-refractivity contribution < 1.29 is 9.47 Å². The maximum absolute atomic E-state index is 5.97. The molecule has 1 saturated carbocycles. The fraction of sp³-hybridized carbons (Fsp3) is 0.529. The number of ether oxygens (including phenoxy) is 2. The van der Waals surface area contributed by atoms with E-state index in [2.05, 4.69) is 6.58 Å². The highest BCUT2D eigenvalue weighted by molar-refractivity contribution is 5.54. The van der Waals surface area contributed by atoms with Crippen LogP contribution in [0.15, 0.2) is 24.8 Å². The minimum absolute atomic E-state index is 0.653. The second kappa shape index (κ2) is 7.22. The van der Waals surface area contributed by atoms with E-state index in [0.717, 1.165) is 23.7 Å². The summed E-state index contributed by atoms with van der Waals surface area (Å²) in [5.41, 5.74) is 1.06. The summed E-state index contributed by atoms with van der Waals surface area (Å²) in [6, 6.07) is 6.00. The maximum atomic E-state index is 5.97. The van der Waals surface area contributed by atoms with Gasteiger partial charge in [-0.05, 0) is 43.4 Å². The number of rotatable bonds is 6. The van der Waals surface area contributed by atoms with E-state index in [9.17, 15) is 0 Å². The van der Waals surface area contributed by atoms with Crippen molar-refractivity contribution in [2.24, 2.45) is 5.92 Å². The van der Waals surface area contributed by atoms with Crippen LogP contribution in [-0.2, 0) is 0 Å². The van der Waals surface area contributed by atoms with Crippen LogP contribution in [0.25, 0.3) is 6.08 Å². The summed E-state index contributed by atoms with van der Waals surface area (Å²) >= 11 is 0. The van der Waals surface area contributed by atoms with Crippen molar-refractivity contribution in [2.45, 2.75) is 39.0 Å². The summed E-state index contributed by atoms with van der Waals surface area (Å²) in [7, 11) is 0. The van der Waals surface area contributed by atoms with Crippen LogP contribution in [0.5, 0.6) is 11.5 Å². The van der Waals surface area contributed by atoms with Crippen molar-refractivity contribution in [2.75, 3.05) is 13.2 Å². The Labute approximate surface area is 116 Å². The Bertz CT molecular complexity index is 406. The van der Waals surface area contributed by atoms with E-state index in [-0.39, 0.29) is 0 Å². The molecule has 0 radical (unpaired) electrons. The first-order valence-corrected chi connectivity index (χ1v) is 7.35. The quantitative estimate of drug-likeness (QED) is 0.739. The van der Waals surface area contributed by atoms with Crippen LogP contribution in [0, 0.1) is 5.92 Å². The second-order valence-corrected chi connectivity index (χ2v) is 5.16. The third kappa shape index (κ3) is 4.02. The second-order valence-electron chi connectivity index (χ2n) is 5.16. The molecule has 0 aromatic heterocycles. The third-order valence-electron chi connectivity index (χ3n) is 3.70. The van der Waals surface area contributed by atoms with Gasteiger partial charge in [-0.2, -0.15) is 0 Å². The van der Waals surface area contributed by atoms with Gasteiger partial charge in [0.1, 0.15) is 0 Å². The minimum Gasteiger partial charge on any atom is -0.490 e. The zero-order chi connectivity index (χ0) is 13.5. The van der Waals surface area contributed by atoms with Crippen LogP contribution < -0.4 is 9.47 Å². The molecule has 0 spiro atoms. The Morgan fingerprint density at radius 2 is 1.95 bits per heavy atom. The van der Waals surface area contributed by atoms with E-state index in [0.29, 0.717) is 12.5 Å². The van der Waals surface area contributed by atoms with Crippen molar-refractivity contribution in [3.05, 3.63) is 30.3 Å². The highest BCUT2D eigenvalue weighted by atomic mass is 16.5. The van der Waals surface area contributed by atoms with Crippen molar-refractivity contribution >= 4 is 6.08 Å². The molecule has 2 rings (SSSR count). The van der Waals surface area contributed by atoms with Crippen molar-refractivity contribution in [1.82, 2.24) is 0 Å². The molecule has 1 aliphatic rings. The molecule has 0 saturated heterocycles. The number of hydrogen-bond acceptors (Lipinski definition) is 2. The Kier molecular flexibility index (Phi) is 5.31. The van der Waals surface area contributed by atoms with Gasteiger partial charge in [-0.15, -0.1) is 0 Å². The molecule has 0 amide bonds. The predicted octanol–water partition coefficient (Wildman–Crippen LogP) is 4.69. The van der Waals surface area contributed by atoms with Gasteiger partial charge in [-0.3, -0.25) is 0 Å². The molecule has 0 bridgehead atoms. The third-order valence-corrected chi connectivity index (χ3v) is 3.70. The zero-order valence-electron chi connectivity index (χ0n) is 11.9. The smallest absolute Gasteiger partial charge is 0.161 e. The van der Waals surface area contributed by atoms with Crippen LogP contribution >= 0.6 is 0 Å². The fourth-order valence-electron chi connectivity index (χ4n) is 2.60. The maximum Gasteiger partial charge on any atom is 0.161 e. The monoisotopic (exact) mass is 260 g/mol. The van der Waals surface area contributed by atoms with Gasteiger partial charge in [0.25, 0.3) is 0 Å². The molecule has 1 aliphatic carbocycles. The van der Waals surface area contributed by atoms with Gasteiger partial charge in [-0.1, -0.05) is 38.0 Å². The van der Waals surface area contributed by atoms with Gasteiger partial charge in [-0.25, -0.2) is 0 Å². The molecule has 2 heteroatoms. The molecule has 104 valence electrons. The molecule has 0 atom stereocenters. The largest absolute Gasteiger partial charge is 0.490 e. The summed E-state index contributed by atoms with van der Waals surface area (Å²) in [6.45, 7) is 7.24. The molecule has 0 unspecified atom stereocenters. The lowest BCUT2D eigenvalue weighted by molar-refractivity contribution is 0.199. The van der Waals surface area contributed by atoms with E-state index in [1.54, 1.807) is 0 Å². The minimum atomic E-state index is 0.653. The highest BCUT2D eigenvalue weighted by Gasteiger charge is 2.15. The van der Waals surface area contributed by atoms with Gasteiger partial charge >= 0.3 is 0 Å². The van der Waals surface area contributed by atoms with Gasteiger partial charge in [0.05, 0.1) is 13.2 Å². The summed E-state index contributed by atoms with van der Waals surface area (Å²) < 4.78 is 11.6. The van der Waals surface area contributed by atoms with Gasteiger partial charge in [0.15, 0.2) is 11.5 Å². The van der Waals surface area contributed by atoms with E-state index in [1.807, 2.05) is 31.2 Å². The molecular weight excluding hydrogens is 236 g/mol. The van der Waals surface area contributed by atoms with Gasteiger partial charge < -0.3 is 9.47 Å². The fourth-order valence-corrected chi connectivity index (χ4v) is 2.60. The average molecular weight is 260 g/mol. The van der Waals surface area contributed by atoms with E-state index < -0.39 is 0 Å². The lowest BCUT2D eigenvalue weighted by Gasteiger charge is -2.22. The number of benzene rings is 1. The average Bonchev–Trinajstić information content (AvgIpc) is 2.47. The molecule has 2 nitrogen and oxygen atoms in total. The van der Waals surface area contributed by atoms with E-state index in [4.69, 9.17) is 9.47 Å². The Morgan fingerprint density at radius 3 is 2.63 bits per heavy atom. The first-order chi connectivity index (χ1) is 9.33. The molecule has 1 fully saturated rings.